The minimum atomic E-state index is -4.46. The zero-order chi connectivity index (χ0) is 25.9. The van der Waals surface area contributed by atoms with Crippen LogP contribution in [-0.2, 0) is 32.4 Å². The first-order chi connectivity index (χ1) is 17.1. The molecule has 0 aliphatic heterocycles. The van der Waals surface area contributed by atoms with Crippen molar-refractivity contribution >= 4 is 11.8 Å². The Kier molecular flexibility index (Phi) is 7.39. The molecule has 0 aliphatic rings. The monoisotopic (exact) mass is 516 g/mol. The van der Waals surface area contributed by atoms with Crippen molar-refractivity contribution in [1.29, 1.82) is 0 Å². The number of ether oxygens (including phenoxy) is 2. The van der Waals surface area contributed by atoms with Crippen LogP contribution in [-0.4, -0.2) is 26.4 Å². The van der Waals surface area contributed by atoms with E-state index in [0.29, 0.717) is 28.6 Å². The quantitative estimate of drug-likeness (QED) is 0.236. The first-order valence-electron chi connectivity index (χ1n) is 10.8. The lowest BCUT2D eigenvalue weighted by molar-refractivity contribution is -0.137. The van der Waals surface area contributed by atoms with E-state index in [-0.39, 0.29) is 17.1 Å². The van der Waals surface area contributed by atoms with Crippen LogP contribution in [0.25, 0.3) is 0 Å². The number of hydrogen-bond acceptors (Lipinski definition) is 6. The Bertz CT molecular complexity index is 1430. The van der Waals surface area contributed by atoms with Gasteiger partial charge in [-0.1, -0.05) is 23.9 Å². The Labute approximate surface area is 209 Å². The van der Waals surface area contributed by atoms with Gasteiger partial charge in [0, 0.05) is 44.2 Å². The highest BCUT2D eigenvalue weighted by Crippen LogP contribution is 2.36. The molecule has 0 fully saturated rings. The molecule has 0 saturated heterocycles. The van der Waals surface area contributed by atoms with E-state index in [4.69, 9.17) is 9.47 Å². The van der Waals surface area contributed by atoms with E-state index in [0.717, 1.165) is 23.3 Å². The molecule has 0 unspecified atom stereocenters. The minimum absolute atomic E-state index is 0.0517. The normalized spacial score (nSPS) is 11.5. The summed E-state index contributed by atoms with van der Waals surface area (Å²) in [6.45, 7) is 0. The largest absolute Gasteiger partial charge is 0.493 e. The highest BCUT2D eigenvalue weighted by Gasteiger charge is 2.30. The maximum atomic E-state index is 13.0. The van der Waals surface area contributed by atoms with Gasteiger partial charge in [-0.2, -0.15) is 23.3 Å². The summed E-state index contributed by atoms with van der Waals surface area (Å²) in [5.74, 6) is 1.20. The smallest absolute Gasteiger partial charge is 0.416 e. The molecule has 0 atom stereocenters. The van der Waals surface area contributed by atoms with Gasteiger partial charge in [0.25, 0.3) is 5.56 Å². The van der Waals surface area contributed by atoms with Crippen molar-refractivity contribution in [1.82, 2.24) is 19.3 Å². The second kappa shape index (κ2) is 10.5. The van der Waals surface area contributed by atoms with Crippen molar-refractivity contribution in [2.45, 2.75) is 23.5 Å². The lowest BCUT2D eigenvalue weighted by Gasteiger charge is -2.14. The van der Waals surface area contributed by atoms with Gasteiger partial charge in [-0.05, 0) is 41.5 Å². The van der Waals surface area contributed by atoms with Crippen LogP contribution in [0.3, 0.4) is 0 Å². The van der Waals surface area contributed by atoms with Crippen LogP contribution >= 0.6 is 11.8 Å². The third-order valence-electron chi connectivity index (χ3n) is 5.26. The van der Waals surface area contributed by atoms with E-state index in [1.165, 1.54) is 31.0 Å². The molecule has 4 rings (SSSR count). The number of aryl methyl sites for hydroxylation is 2. The van der Waals surface area contributed by atoms with Crippen LogP contribution < -0.4 is 15.0 Å². The van der Waals surface area contributed by atoms with Gasteiger partial charge < -0.3 is 14.0 Å². The van der Waals surface area contributed by atoms with Crippen LogP contribution in [0.5, 0.6) is 17.2 Å². The number of methoxy groups -OCH3 is 1. The summed E-state index contributed by atoms with van der Waals surface area (Å²) in [7, 11) is 5.10. The Balaban J connectivity index is 1.46. The van der Waals surface area contributed by atoms with Crippen LogP contribution in [0.4, 0.5) is 13.2 Å². The first-order valence-corrected chi connectivity index (χ1v) is 11.8. The molecule has 0 N–H and O–H groups in total. The third kappa shape index (κ3) is 6.09. The molecule has 36 heavy (non-hydrogen) atoms. The minimum Gasteiger partial charge on any atom is -0.493 e. The molecular weight excluding hydrogens is 493 g/mol. The maximum Gasteiger partial charge on any atom is 0.416 e. The molecule has 2 heterocycles. The van der Waals surface area contributed by atoms with Crippen molar-refractivity contribution in [3.8, 4) is 17.2 Å². The van der Waals surface area contributed by atoms with Gasteiger partial charge in [0.15, 0.2) is 16.7 Å². The van der Waals surface area contributed by atoms with E-state index in [1.807, 2.05) is 20.3 Å². The summed E-state index contributed by atoms with van der Waals surface area (Å²) < 4.78 is 53.5. The van der Waals surface area contributed by atoms with E-state index < -0.39 is 11.7 Å². The number of aromatic nitrogens is 4. The number of alkyl halides is 3. The lowest BCUT2D eigenvalue weighted by atomic mass is 10.1. The van der Waals surface area contributed by atoms with Crippen LogP contribution in [0.1, 0.15) is 22.3 Å². The van der Waals surface area contributed by atoms with Crippen LogP contribution in [0, 0.1) is 0 Å². The average Bonchev–Trinajstić information content (AvgIpc) is 3.25. The standard InChI is InChI=1S/C25H23F3N4O3S/c1-31-14-18(9-17-12-29-32(2)13-17)23(33)30-24(31)36-15-16-7-8-21(22(10-16)34-3)35-20-6-4-5-19(11-20)25(26,27)28/h4-8,10-14H,9,15H2,1-3H3. The zero-order valence-electron chi connectivity index (χ0n) is 19.7. The van der Waals surface area contributed by atoms with Gasteiger partial charge in [0.05, 0.1) is 18.9 Å². The summed E-state index contributed by atoms with van der Waals surface area (Å²) >= 11 is 1.38. The summed E-state index contributed by atoms with van der Waals surface area (Å²) in [6, 6.07) is 9.82. The van der Waals surface area contributed by atoms with Crippen molar-refractivity contribution in [3.05, 3.63) is 93.7 Å². The van der Waals surface area contributed by atoms with Crippen molar-refractivity contribution in [2.75, 3.05) is 7.11 Å². The number of rotatable bonds is 8. The first kappa shape index (κ1) is 25.4. The molecule has 0 saturated carbocycles. The molecule has 0 radical (unpaired) electrons. The summed E-state index contributed by atoms with van der Waals surface area (Å²) in [5, 5.41) is 4.68. The molecule has 11 heteroatoms. The zero-order valence-corrected chi connectivity index (χ0v) is 20.6. The second-order valence-electron chi connectivity index (χ2n) is 8.07. The van der Waals surface area contributed by atoms with Crippen molar-refractivity contribution < 1.29 is 22.6 Å². The number of halogens is 3. The molecule has 4 aromatic rings. The van der Waals surface area contributed by atoms with Crippen LogP contribution in [0.2, 0.25) is 0 Å². The van der Waals surface area contributed by atoms with Crippen molar-refractivity contribution in [2.24, 2.45) is 14.1 Å². The van der Waals surface area contributed by atoms with Gasteiger partial charge in [-0.25, -0.2) is 0 Å². The second-order valence-corrected chi connectivity index (χ2v) is 9.01. The summed E-state index contributed by atoms with van der Waals surface area (Å²) in [5.41, 5.74) is 1.28. The molecule has 0 amide bonds. The predicted octanol–water partition coefficient (Wildman–Crippen LogP) is 5.22. The van der Waals surface area contributed by atoms with E-state index in [1.54, 1.807) is 39.8 Å². The third-order valence-corrected chi connectivity index (χ3v) is 6.38. The summed E-state index contributed by atoms with van der Waals surface area (Å²) in [6.07, 6.45) is 1.33. The topological polar surface area (TPSA) is 71.2 Å². The van der Waals surface area contributed by atoms with Crippen molar-refractivity contribution in [3.63, 3.8) is 0 Å². The van der Waals surface area contributed by atoms with Gasteiger partial charge in [0.2, 0.25) is 0 Å². The molecule has 7 nitrogen and oxygen atoms in total. The molecule has 0 aliphatic carbocycles. The lowest BCUT2D eigenvalue weighted by Crippen LogP contribution is -2.18. The Morgan fingerprint density at radius 2 is 1.83 bits per heavy atom. The summed E-state index contributed by atoms with van der Waals surface area (Å²) in [4.78, 5) is 16.8. The fourth-order valence-electron chi connectivity index (χ4n) is 3.52. The number of hydrogen-bond donors (Lipinski definition) is 0. The fourth-order valence-corrected chi connectivity index (χ4v) is 4.40. The molecule has 2 aromatic carbocycles. The van der Waals surface area contributed by atoms with E-state index in [2.05, 4.69) is 10.1 Å². The SMILES string of the molecule is COc1cc(CSc2nc(=O)c(Cc3cnn(C)c3)cn2C)ccc1Oc1cccc(C(F)(F)F)c1. The Morgan fingerprint density at radius 3 is 2.53 bits per heavy atom. The number of thioether (sulfide) groups is 1. The fraction of sp³-hybridized carbons (Fsp3) is 0.240. The van der Waals surface area contributed by atoms with E-state index >= 15 is 0 Å². The maximum absolute atomic E-state index is 13.0. The Hall–Kier alpha value is -3.73. The molecule has 0 spiro atoms. The molecule has 188 valence electrons. The van der Waals surface area contributed by atoms with Gasteiger partial charge >= 0.3 is 6.18 Å². The van der Waals surface area contributed by atoms with Gasteiger partial charge in [-0.3, -0.25) is 9.48 Å². The van der Waals surface area contributed by atoms with E-state index in [9.17, 15) is 18.0 Å². The van der Waals surface area contributed by atoms with Crippen LogP contribution in [0.15, 0.2) is 71.0 Å². The highest BCUT2D eigenvalue weighted by molar-refractivity contribution is 7.98. The number of nitrogens with zero attached hydrogens (tertiary/aromatic N) is 4. The van der Waals surface area contributed by atoms with Gasteiger partial charge in [0.1, 0.15) is 5.75 Å². The van der Waals surface area contributed by atoms with Gasteiger partial charge in [-0.15, -0.1) is 0 Å². The molecule has 2 aromatic heterocycles. The molecular formula is C25H23F3N4O3S. The average molecular weight is 517 g/mol. The number of benzene rings is 2. The predicted molar refractivity (Wildman–Crippen MR) is 130 cm³/mol. The highest BCUT2D eigenvalue weighted by atomic mass is 32.2. The Morgan fingerprint density at radius 1 is 1.03 bits per heavy atom. The molecule has 0 bridgehead atoms.